The molecule has 1 aromatic heterocycles. The summed E-state index contributed by atoms with van der Waals surface area (Å²) in [6, 6.07) is 15.2. The minimum absolute atomic E-state index is 0.115. The Morgan fingerprint density at radius 2 is 1.75 bits per heavy atom. The molecule has 44 heavy (non-hydrogen) atoms. The predicted molar refractivity (Wildman–Crippen MR) is 162 cm³/mol. The zero-order valence-electron chi connectivity index (χ0n) is 24.8. The fourth-order valence-electron chi connectivity index (χ4n) is 7.49. The normalized spacial score (nSPS) is 28.8. The molecule has 11 heteroatoms. The van der Waals surface area contributed by atoms with Gasteiger partial charge in [0.2, 0.25) is 11.8 Å². The van der Waals surface area contributed by atoms with Gasteiger partial charge >= 0.3 is 0 Å². The highest BCUT2D eigenvalue weighted by Gasteiger charge is 2.72. The van der Waals surface area contributed by atoms with Gasteiger partial charge in [-0.3, -0.25) is 14.4 Å². The first-order valence-electron chi connectivity index (χ1n) is 15.2. The van der Waals surface area contributed by atoms with Gasteiger partial charge in [-0.15, -0.1) is 5.10 Å². The lowest BCUT2D eigenvalue weighted by Crippen LogP contribution is -2.58. The molecular formula is C33H36N6O5. The van der Waals surface area contributed by atoms with Crippen molar-refractivity contribution in [3.8, 4) is 0 Å². The van der Waals surface area contributed by atoms with E-state index in [1.165, 1.54) is 4.90 Å². The van der Waals surface area contributed by atoms with Crippen molar-refractivity contribution in [2.24, 2.45) is 17.8 Å². The Kier molecular flexibility index (Phi) is 7.09. The van der Waals surface area contributed by atoms with Crippen LogP contribution >= 0.6 is 0 Å². The lowest BCUT2D eigenvalue weighted by Gasteiger charge is -2.39. The van der Waals surface area contributed by atoms with Gasteiger partial charge in [0.25, 0.3) is 5.91 Å². The summed E-state index contributed by atoms with van der Waals surface area (Å²) >= 11 is 0. The molecule has 2 fully saturated rings. The Hall–Kier alpha value is -4.35. The third-order valence-corrected chi connectivity index (χ3v) is 9.32. The van der Waals surface area contributed by atoms with Crippen LogP contribution in [0.5, 0.6) is 0 Å². The fraction of sp³-hybridized carbons (Fsp3) is 0.424. The van der Waals surface area contributed by atoms with E-state index in [2.05, 4.69) is 10.3 Å². The van der Waals surface area contributed by atoms with Crippen molar-refractivity contribution >= 4 is 34.4 Å². The largest absolute Gasteiger partial charge is 0.394 e. The topological polar surface area (TPSA) is 121 Å². The van der Waals surface area contributed by atoms with Crippen molar-refractivity contribution in [3.63, 3.8) is 0 Å². The summed E-state index contributed by atoms with van der Waals surface area (Å²) in [5.41, 5.74) is 0.843. The van der Waals surface area contributed by atoms with E-state index in [1.807, 2.05) is 92.7 Å². The Morgan fingerprint density at radius 1 is 0.977 bits per heavy atom. The number of amides is 3. The van der Waals surface area contributed by atoms with Crippen LogP contribution in [-0.4, -0.2) is 91.1 Å². The number of aromatic nitrogens is 3. The highest BCUT2D eigenvalue weighted by atomic mass is 16.5. The first-order chi connectivity index (χ1) is 21.3. The van der Waals surface area contributed by atoms with Crippen LogP contribution in [0.4, 0.5) is 5.69 Å². The number of likely N-dealkylation sites (tertiary alicyclic amines) is 1. The third-order valence-electron chi connectivity index (χ3n) is 9.32. The Morgan fingerprint density at radius 3 is 2.52 bits per heavy atom. The molecule has 4 aliphatic rings. The van der Waals surface area contributed by atoms with Crippen LogP contribution in [0, 0.1) is 17.8 Å². The highest BCUT2D eigenvalue weighted by molar-refractivity contribution is 6.04. The molecule has 3 aromatic rings. The molecule has 2 aromatic carbocycles. The zero-order chi connectivity index (χ0) is 30.6. The van der Waals surface area contributed by atoms with Gasteiger partial charge in [-0.05, 0) is 36.6 Å². The quantitative estimate of drug-likeness (QED) is 0.416. The summed E-state index contributed by atoms with van der Waals surface area (Å²) in [5, 5.41) is 19.1. The number of nitrogens with zero attached hydrogens (tertiary/aromatic N) is 6. The number of carbonyl (C=O) groups excluding carboxylic acids is 3. The first kappa shape index (κ1) is 28.4. The molecule has 4 aliphatic heterocycles. The maximum Gasteiger partial charge on any atom is 0.250 e. The van der Waals surface area contributed by atoms with Gasteiger partial charge < -0.3 is 24.5 Å². The van der Waals surface area contributed by atoms with E-state index in [0.717, 1.165) is 11.2 Å². The molecule has 2 saturated heterocycles. The fourth-order valence-corrected chi connectivity index (χ4v) is 7.49. The van der Waals surface area contributed by atoms with E-state index in [-0.39, 0.29) is 43.5 Å². The minimum atomic E-state index is -1.38. The maximum absolute atomic E-state index is 14.7. The number of aliphatic hydroxyl groups is 1. The number of hydrogen-bond donors (Lipinski definition) is 1. The monoisotopic (exact) mass is 596 g/mol. The SMILES string of the molecule is CC(C)C[C@H](CO)N1C(=O)[C@@H]2[C@H]3C(=O)N(c4ccccc4)CC=C[C@H]3O[C@@]23C=CCN(Cn2nnc4ccccc42)C(=O)C13. The number of hydrogen-bond acceptors (Lipinski definition) is 7. The van der Waals surface area contributed by atoms with Crippen LogP contribution in [-0.2, 0) is 25.8 Å². The van der Waals surface area contributed by atoms with Crippen molar-refractivity contribution in [2.45, 2.75) is 50.7 Å². The summed E-state index contributed by atoms with van der Waals surface area (Å²) in [4.78, 5) is 48.5. The average molecular weight is 597 g/mol. The molecule has 1 spiro atoms. The lowest BCUT2D eigenvalue weighted by molar-refractivity contribution is -0.151. The number of para-hydroxylation sites is 2. The number of fused-ring (bicyclic) bond motifs is 3. The summed E-state index contributed by atoms with van der Waals surface area (Å²) in [7, 11) is 0. The third kappa shape index (κ3) is 4.36. The second-order valence-corrected chi connectivity index (χ2v) is 12.4. The maximum atomic E-state index is 14.7. The number of carbonyl (C=O) groups is 3. The molecular weight excluding hydrogens is 560 g/mol. The van der Waals surface area contributed by atoms with E-state index >= 15 is 0 Å². The molecule has 5 heterocycles. The van der Waals surface area contributed by atoms with E-state index in [4.69, 9.17) is 4.74 Å². The second kappa shape index (κ2) is 11.0. The number of anilines is 1. The molecule has 3 amide bonds. The Bertz CT molecular complexity index is 1650. The molecule has 1 N–H and O–H groups in total. The van der Waals surface area contributed by atoms with Crippen molar-refractivity contribution in [2.75, 3.05) is 24.6 Å². The van der Waals surface area contributed by atoms with Crippen molar-refractivity contribution in [1.29, 1.82) is 0 Å². The van der Waals surface area contributed by atoms with Gasteiger partial charge in [0.05, 0.1) is 36.1 Å². The molecule has 11 nitrogen and oxygen atoms in total. The molecule has 0 radical (unpaired) electrons. The summed E-state index contributed by atoms with van der Waals surface area (Å²) in [5.74, 6) is -2.51. The standard InChI is InChI=1S/C33H36N6O5/c1-21(2)18-23(19-40)39-29-32(43)36(20-38-25-13-7-6-12-24(25)34-35-38)16-9-15-33(29)28(31(39)42)27-26(44-33)14-8-17-37(30(27)41)22-10-4-3-5-11-22/h3-15,21,23,26-29,40H,16-20H2,1-2H3/t23-,26-,27+,28+,29?,33+/m1/s1. The van der Waals surface area contributed by atoms with E-state index < -0.39 is 35.6 Å². The molecule has 0 aliphatic carbocycles. The summed E-state index contributed by atoms with van der Waals surface area (Å²) in [6.07, 6.45) is 7.23. The van der Waals surface area contributed by atoms with Gasteiger partial charge in [-0.1, -0.05) is 73.7 Å². The summed E-state index contributed by atoms with van der Waals surface area (Å²) in [6.45, 7) is 4.44. The van der Waals surface area contributed by atoms with E-state index in [9.17, 15) is 19.5 Å². The van der Waals surface area contributed by atoms with Crippen LogP contribution in [0.15, 0.2) is 78.9 Å². The first-order valence-corrected chi connectivity index (χ1v) is 15.2. The zero-order valence-corrected chi connectivity index (χ0v) is 24.8. The van der Waals surface area contributed by atoms with Gasteiger partial charge in [0, 0.05) is 18.8 Å². The number of aliphatic hydroxyl groups excluding tert-OH is 1. The molecule has 228 valence electrons. The highest BCUT2D eigenvalue weighted by Crippen LogP contribution is 2.54. The van der Waals surface area contributed by atoms with Crippen LogP contribution in [0.25, 0.3) is 11.0 Å². The van der Waals surface area contributed by atoms with Crippen LogP contribution in [0.3, 0.4) is 0 Å². The molecule has 0 bridgehead atoms. The van der Waals surface area contributed by atoms with Crippen LogP contribution < -0.4 is 4.90 Å². The van der Waals surface area contributed by atoms with Crippen molar-refractivity contribution < 1.29 is 24.2 Å². The number of benzene rings is 2. The van der Waals surface area contributed by atoms with E-state index in [0.29, 0.717) is 18.5 Å². The second-order valence-electron chi connectivity index (χ2n) is 12.4. The van der Waals surface area contributed by atoms with E-state index in [1.54, 1.807) is 14.5 Å². The van der Waals surface area contributed by atoms with Gasteiger partial charge in [0.15, 0.2) is 0 Å². The minimum Gasteiger partial charge on any atom is -0.394 e. The average Bonchev–Trinajstić information content (AvgIpc) is 3.58. The molecule has 1 unspecified atom stereocenters. The smallest absolute Gasteiger partial charge is 0.250 e. The Balaban J connectivity index is 1.31. The van der Waals surface area contributed by atoms with Gasteiger partial charge in [-0.25, -0.2) is 4.68 Å². The predicted octanol–water partition coefficient (Wildman–Crippen LogP) is 2.38. The van der Waals surface area contributed by atoms with Gasteiger partial charge in [-0.2, -0.15) is 0 Å². The van der Waals surface area contributed by atoms with Gasteiger partial charge in [0.1, 0.15) is 23.8 Å². The number of ether oxygens (including phenoxy) is 1. The summed E-state index contributed by atoms with van der Waals surface area (Å²) < 4.78 is 8.44. The molecule has 7 rings (SSSR count). The lowest BCUT2D eigenvalue weighted by atomic mass is 9.77. The number of rotatable bonds is 7. The Labute approximate surface area is 255 Å². The molecule has 0 saturated carbocycles. The van der Waals surface area contributed by atoms with Crippen LogP contribution in [0.2, 0.25) is 0 Å². The van der Waals surface area contributed by atoms with Crippen molar-refractivity contribution in [1.82, 2.24) is 24.8 Å². The van der Waals surface area contributed by atoms with Crippen molar-refractivity contribution in [3.05, 3.63) is 78.9 Å². The molecule has 6 atom stereocenters. The van der Waals surface area contributed by atoms with Crippen LogP contribution in [0.1, 0.15) is 20.3 Å².